The third-order valence-electron chi connectivity index (χ3n) is 1.38. The Labute approximate surface area is 57.1 Å². The van der Waals surface area contributed by atoms with Crippen LogP contribution in [0.5, 0.6) is 0 Å². The minimum absolute atomic E-state index is 0.736. The van der Waals surface area contributed by atoms with Gasteiger partial charge in [-0.05, 0) is 0 Å². The zero-order valence-corrected chi connectivity index (χ0v) is 5.33. The van der Waals surface area contributed by atoms with Crippen LogP contribution in [0.25, 0.3) is 0 Å². The Hall–Kier alpha value is -1.32. The highest BCUT2D eigenvalue weighted by molar-refractivity contribution is 6.08. The van der Waals surface area contributed by atoms with E-state index in [2.05, 4.69) is 4.74 Å². The van der Waals surface area contributed by atoms with Crippen LogP contribution in [0.2, 0.25) is 0 Å². The number of carbonyl (C=O) groups excluding carboxylic acids is 1. The van der Waals surface area contributed by atoms with E-state index in [1.807, 2.05) is 0 Å². The molecule has 1 aliphatic carbocycles. The summed E-state index contributed by atoms with van der Waals surface area (Å²) in [6, 6.07) is 0. The maximum atomic E-state index is 10.7. The molecular formula is C6H6O4. The highest BCUT2D eigenvalue weighted by Crippen LogP contribution is 2.35. The maximum absolute atomic E-state index is 10.7. The minimum atomic E-state index is -1.44. The van der Waals surface area contributed by atoms with E-state index in [1.165, 1.54) is 12.2 Å². The van der Waals surface area contributed by atoms with E-state index in [4.69, 9.17) is 5.11 Å². The average molecular weight is 142 g/mol. The lowest BCUT2D eigenvalue weighted by atomic mass is 10.1. The van der Waals surface area contributed by atoms with Crippen LogP contribution in [0.15, 0.2) is 12.2 Å². The summed E-state index contributed by atoms with van der Waals surface area (Å²) in [6.45, 7) is 0. The lowest BCUT2D eigenvalue weighted by Gasteiger charge is -2.05. The molecule has 0 aromatic rings. The van der Waals surface area contributed by atoms with Crippen molar-refractivity contribution in [2.45, 2.75) is 0 Å². The Kier molecular flexibility index (Phi) is 1.24. The van der Waals surface area contributed by atoms with Gasteiger partial charge in [-0.25, -0.2) is 0 Å². The van der Waals surface area contributed by atoms with Crippen LogP contribution in [0.4, 0.5) is 0 Å². The highest BCUT2D eigenvalue weighted by Gasteiger charge is 2.51. The van der Waals surface area contributed by atoms with E-state index >= 15 is 0 Å². The third-order valence-corrected chi connectivity index (χ3v) is 1.38. The molecule has 4 nitrogen and oxygen atoms in total. The third kappa shape index (κ3) is 0.689. The molecule has 10 heavy (non-hydrogen) atoms. The van der Waals surface area contributed by atoms with Crippen molar-refractivity contribution >= 4 is 11.9 Å². The topological polar surface area (TPSA) is 63.6 Å². The summed E-state index contributed by atoms with van der Waals surface area (Å²) in [5, 5.41) is 8.44. The molecule has 0 saturated heterocycles. The van der Waals surface area contributed by atoms with Crippen LogP contribution in [0, 0.1) is 5.41 Å². The van der Waals surface area contributed by atoms with Gasteiger partial charge in [-0.3, -0.25) is 9.59 Å². The Morgan fingerprint density at radius 3 is 2.10 bits per heavy atom. The summed E-state index contributed by atoms with van der Waals surface area (Å²) >= 11 is 0. The van der Waals surface area contributed by atoms with E-state index < -0.39 is 17.4 Å². The molecule has 1 rings (SSSR count). The SMILES string of the molecule is COC(=O)C1(C(=O)O)C=C1. The first-order valence-corrected chi connectivity index (χ1v) is 2.65. The number of hydrogen-bond donors (Lipinski definition) is 1. The molecule has 0 radical (unpaired) electrons. The number of esters is 1. The number of carboxylic acid groups (broad SMARTS) is 1. The molecule has 0 bridgehead atoms. The second-order valence-electron chi connectivity index (χ2n) is 2.00. The first-order valence-electron chi connectivity index (χ1n) is 2.65. The van der Waals surface area contributed by atoms with Crippen LogP contribution in [-0.4, -0.2) is 24.2 Å². The van der Waals surface area contributed by atoms with Crippen LogP contribution >= 0.6 is 0 Å². The van der Waals surface area contributed by atoms with Crippen molar-refractivity contribution in [1.82, 2.24) is 0 Å². The van der Waals surface area contributed by atoms with Crippen molar-refractivity contribution in [2.24, 2.45) is 5.41 Å². The molecule has 0 atom stereocenters. The quantitative estimate of drug-likeness (QED) is 0.329. The molecule has 0 aromatic heterocycles. The van der Waals surface area contributed by atoms with Gasteiger partial charge in [-0.15, -0.1) is 0 Å². The number of carbonyl (C=O) groups is 2. The smallest absolute Gasteiger partial charge is 0.331 e. The number of ether oxygens (including phenoxy) is 1. The molecule has 0 aliphatic heterocycles. The Morgan fingerprint density at radius 1 is 1.50 bits per heavy atom. The lowest BCUT2D eigenvalue weighted by Crippen LogP contribution is -2.28. The number of aliphatic carboxylic acids is 1. The molecule has 0 saturated carbocycles. The van der Waals surface area contributed by atoms with Crippen LogP contribution in [-0.2, 0) is 14.3 Å². The van der Waals surface area contributed by atoms with Crippen molar-refractivity contribution in [1.29, 1.82) is 0 Å². The minimum Gasteiger partial charge on any atom is -0.480 e. The number of methoxy groups -OCH3 is 1. The van der Waals surface area contributed by atoms with E-state index in [1.54, 1.807) is 0 Å². The highest BCUT2D eigenvalue weighted by atomic mass is 16.5. The lowest BCUT2D eigenvalue weighted by molar-refractivity contribution is -0.157. The second-order valence-corrected chi connectivity index (χ2v) is 2.00. The average Bonchev–Trinajstić information content (AvgIpc) is 2.65. The molecule has 0 fully saturated rings. The summed E-state index contributed by atoms with van der Waals surface area (Å²) in [6.07, 6.45) is 2.59. The van der Waals surface area contributed by atoms with Crippen molar-refractivity contribution in [3.05, 3.63) is 12.2 Å². The van der Waals surface area contributed by atoms with E-state index in [0.717, 1.165) is 7.11 Å². The zero-order valence-electron chi connectivity index (χ0n) is 5.33. The van der Waals surface area contributed by atoms with Gasteiger partial charge < -0.3 is 9.84 Å². The first kappa shape index (κ1) is 6.80. The fourth-order valence-corrected chi connectivity index (χ4v) is 0.618. The molecule has 0 amide bonds. The van der Waals surface area contributed by atoms with Crippen molar-refractivity contribution in [3.8, 4) is 0 Å². The fraction of sp³-hybridized carbons (Fsp3) is 0.333. The van der Waals surface area contributed by atoms with Gasteiger partial charge >= 0.3 is 11.9 Å². The van der Waals surface area contributed by atoms with Crippen molar-refractivity contribution in [3.63, 3.8) is 0 Å². The summed E-state index contributed by atoms with van der Waals surface area (Å²) in [4.78, 5) is 21.0. The van der Waals surface area contributed by atoms with Gasteiger partial charge in [0.1, 0.15) is 0 Å². The Balaban J connectivity index is 2.71. The predicted octanol–water partition coefficient (Wildman–Crippen LogP) is -0.200. The predicted molar refractivity (Wildman–Crippen MR) is 31.2 cm³/mol. The van der Waals surface area contributed by atoms with Gasteiger partial charge in [-0.1, -0.05) is 12.2 Å². The summed E-state index contributed by atoms with van der Waals surface area (Å²) < 4.78 is 4.26. The standard InChI is InChI=1S/C6H6O4/c1-10-5(9)6(2-3-6)4(7)8/h2-3H,1H3,(H,7,8). The van der Waals surface area contributed by atoms with E-state index in [9.17, 15) is 9.59 Å². The zero-order chi connectivity index (χ0) is 7.78. The van der Waals surface area contributed by atoms with Gasteiger partial charge in [0.25, 0.3) is 0 Å². The summed E-state index contributed by atoms with van der Waals surface area (Å²) in [5.74, 6) is -1.92. The fourth-order valence-electron chi connectivity index (χ4n) is 0.618. The normalized spacial score (nSPS) is 18.1. The Morgan fingerprint density at radius 2 is 2.00 bits per heavy atom. The summed E-state index contributed by atoms with van der Waals surface area (Å²) in [7, 11) is 1.16. The first-order chi connectivity index (χ1) is 4.63. The van der Waals surface area contributed by atoms with Crippen molar-refractivity contribution in [2.75, 3.05) is 7.11 Å². The van der Waals surface area contributed by atoms with Gasteiger partial charge in [0, 0.05) is 0 Å². The molecule has 0 spiro atoms. The molecule has 0 heterocycles. The molecular weight excluding hydrogens is 136 g/mol. The molecule has 4 heteroatoms. The number of rotatable bonds is 2. The molecule has 0 aromatic carbocycles. The van der Waals surface area contributed by atoms with Crippen molar-refractivity contribution < 1.29 is 19.4 Å². The molecule has 54 valence electrons. The molecule has 0 unspecified atom stereocenters. The van der Waals surface area contributed by atoms with Gasteiger partial charge in [0.15, 0.2) is 0 Å². The van der Waals surface area contributed by atoms with Gasteiger partial charge in [0.05, 0.1) is 7.11 Å². The van der Waals surface area contributed by atoms with Crippen LogP contribution in [0.3, 0.4) is 0 Å². The van der Waals surface area contributed by atoms with Crippen LogP contribution in [0.1, 0.15) is 0 Å². The van der Waals surface area contributed by atoms with Gasteiger partial charge in [0.2, 0.25) is 5.41 Å². The Bertz CT molecular complexity index is 210. The van der Waals surface area contributed by atoms with Crippen LogP contribution < -0.4 is 0 Å². The van der Waals surface area contributed by atoms with E-state index in [0.29, 0.717) is 0 Å². The molecule has 1 aliphatic rings. The second kappa shape index (κ2) is 1.83. The number of carboxylic acids is 1. The monoisotopic (exact) mass is 142 g/mol. The number of hydrogen-bond acceptors (Lipinski definition) is 3. The summed E-state index contributed by atoms with van der Waals surface area (Å²) in [5.41, 5.74) is -1.44. The molecule has 1 N–H and O–H groups in total. The van der Waals surface area contributed by atoms with Gasteiger partial charge in [-0.2, -0.15) is 0 Å². The van der Waals surface area contributed by atoms with E-state index in [-0.39, 0.29) is 0 Å². The largest absolute Gasteiger partial charge is 0.480 e. The maximum Gasteiger partial charge on any atom is 0.331 e.